The lowest BCUT2D eigenvalue weighted by Gasteiger charge is -2.25. The van der Waals surface area contributed by atoms with E-state index in [1.54, 1.807) is 4.90 Å². The number of piperidine rings is 1. The summed E-state index contributed by atoms with van der Waals surface area (Å²) < 4.78 is 0.862. The van der Waals surface area contributed by atoms with Crippen molar-refractivity contribution in [3.63, 3.8) is 0 Å². The SMILES string of the molecule is O=C(c1n[nH]n(N=Cc2ccccc2Br)c1=O)N1CCCCC1. The van der Waals surface area contributed by atoms with Crippen LogP contribution in [-0.4, -0.2) is 45.2 Å². The Bertz CT molecular complexity index is 789. The van der Waals surface area contributed by atoms with E-state index in [0.29, 0.717) is 13.1 Å². The zero-order valence-electron chi connectivity index (χ0n) is 12.4. The molecule has 23 heavy (non-hydrogen) atoms. The third kappa shape index (κ3) is 3.42. The van der Waals surface area contributed by atoms with E-state index in [2.05, 4.69) is 31.3 Å². The van der Waals surface area contributed by atoms with Crippen LogP contribution in [0.3, 0.4) is 0 Å². The van der Waals surface area contributed by atoms with Crippen LogP contribution in [0.4, 0.5) is 0 Å². The van der Waals surface area contributed by atoms with Gasteiger partial charge < -0.3 is 4.90 Å². The lowest BCUT2D eigenvalue weighted by molar-refractivity contribution is 0.0717. The standard InChI is InChI=1S/C15H16BrN5O2/c16-12-7-3-2-6-11(12)10-17-21-15(23)13(18-19-21)14(22)20-8-4-1-5-9-20/h2-3,6-7,10,19H,1,4-5,8-9H2. The molecule has 0 radical (unpaired) electrons. The number of carbonyl (C=O) groups excluding carboxylic acids is 1. The molecular formula is C15H16BrN5O2. The number of aromatic nitrogens is 3. The number of hydrogen-bond acceptors (Lipinski definition) is 4. The van der Waals surface area contributed by atoms with Gasteiger partial charge in [0.15, 0.2) is 0 Å². The second kappa shape index (κ2) is 6.91. The largest absolute Gasteiger partial charge is 0.337 e. The van der Waals surface area contributed by atoms with Crippen LogP contribution in [0.15, 0.2) is 38.6 Å². The number of H-pyrrole nitrogens is 1. The van der Waals surface area contributed by atoms with Gasteiger partial charge in [0, 0.05) is 23.1 Å². The first-order chi connectivity index (χ1) is 11.2. The Morgan fingerprint density at radius 3 is 2.74 bits per heavy atom. The molecule has 1 amide bonds. The van der Waals surface area contributed by atoms with E-state index >= 15 is 0 Å². The molecule has 1 N–H and O–H groups in total. The Morgan fingerprint density at radius 1 is 1.26 bits per heavy atom. The molecule has 0 spiro atoms. The average Bonchev–Trinajstić information content (AvgIpc) is 2.95. The van der Waals surface area contributed by atoms with Crippen molar-refractivity contribution in [3.05, 3.63) is 50.3 Å². The van der Waals surface area contributed by atoms with Crippen LogP contribution in [0.25, 0.3) is 0 Å². The highest BCUT2D eigenvalue weighted by Gasteiger charge is 2.24. The number of likely N-dealkylation sites (tertiary alicyclic amines) is 1. The van der Waals surface area contributed by atoms with Crippen LogP contribution in [0.2, 0.25) is 0 Å². The Kier molecular flexibility index (Phi) is 4.71. The van der Waals surface area contributed by atoms with Crippen molar-refractivity contribution >= 4 is 28.1 Å². The third-order valence-electron chi connectivity index (χ3n) is 3.71. The van der Waals surface area contributed by atoms with Crippen LogP contribution < -0.4 is 5.56 Å². The van der Waals surface area contributed by atoms with Gasteiger partial charge in [-0.2, -0.15) is 10.3 Å². The Balaban J connectivity index is 1.81. The molecule has 0 atom stereocenters. The fourth-order valence-corrected chi connectivity index (χ4v) is 2.84. The number of nitrogens with zero attached hydrogens (tertiary/aromatic N) is 4. The van der Waals surface area contributed by atoms with Crippen LogP contribution in [-0.2, 0) is 0 Å². The van der Waals surface area contributed by atoms with E-state index in [0.717, 1.165) is 34.1 Å². The molecule has 3 rings (SSSR count). The maximum absolute atomic E-state index is 12.3. The number of carbonyl (C=O) groups is 1. The van der Waals surface area contributed by atoms with Crippen LogP contribution in [0.1, 0.15) is 35.3 Å². The van der Waals surface area contributed by atoms with Crippen molar-refractivity contribution in [1.29, 1.82) is 0 Å². The zero-order chi connectivity index (χ0) is 16.2. The molecule has 2 heterocycles. The smallest absolute Gasteiger partial charge is 0.320 e. The Morgan fingerprint density at radius 2 is 2.00 bits per heavy atom. The van der Waals surface area contributed by atoms with Crippen molar-refractivity contribution in [2.45, 2.75) is 19.3 Å². The van der Waals surface area contributed by atoms with Crippen molar-refractivity contribution in [3.8, 4) is 0 Å². The molecule has 0 bridgehead atoms. The molecule has 1 aromatic heterocycles. The van der Waals surface area contributed by atoms with Crippen molar-refractivity contribution < 1.29 is 4.79 Å². The van der Waals surface area contributed by atoms with E-state index in [9.17, 15) is 9.59 Å². The van der Waals surface area contributed by atoms with Gasteiger partial charge >= 0.3 is 5.56 Å². The quantitative estimate of drug-likeness (QED) is 0.828. The molecule has 2 aromatic rings. The minimum atomic E-state index is -0.538. The maximum atomic E-state index is 12.3. The van der Waals surface area contributed by atoms with E-state index in [4.69, 9.17) is 0 Å². The first-order valence-electron chi connectivity index (χ1n) is 7.42. The number of aromatic amines is 1. The number of nitrogens with one attached hydrogen (secondary N) is 1. The van der Waals surface area contributed by atoms with Gasteiger partial charge in [0.25, 0.3) is 5.91 Å². The Hall–Kier alpha value is -2.22. The highest BCUT2D eigenvalue weighted by atomic mass is 79.9. The minimum absolute atomic E-state index is 0.115. The highest BCUT2D eigenvalue weighted by Crippen LogP contribution is 2.13. The summed E-state index contributed by atoms with van der Waals surface area (Å²) in [5, 5.41) is 10.4. The summed E-state index contributed by atoms with van der Waals surface area (Å²) in [6.45, 7) is 1.34. The monoisotopic (exact) mass is 377 g/mol. The highest BCUT2D eigenvalue weighted by molar-refractivity contribution is 9.10. The molecule has 1 saturated heterocycles. The minimum Gasteiger partial charge on any atom is -0.337 e. The zero-order valence-corrected chi connectivity index (χ0v) is 14.0. The van der Waals surface area contributed by atoms with Gasteiger partial charge in [-0.15, -0.1) is 9.89 Å². The summed E-state index contributed by atoms with van der Waals surface area (Å²) in [5.41, 5.74) is 0.165. The second-order valence-electron chi connectivity index (χ2n) is 5.30. The number of halogens is 1. The fraction of sp³-hybridized carbons (Fsp3) is 0.333. The molecule has 120 valence electrons. The van der Waals surface area contributed by atoms with Crippen molar-refractivity contribution in [1.82, 2.24) is 20.0 Å². The van der Waals surface area contributed by atoms with Gasteiger partial charge in [-0.3, -0.25) is 9.59 Å². The van der Waals surface area contributed by atoms with Crippen LogP contribution >= 0.6 is 15.9 Å². The predicted molar refractivity (Wildman–Crippen MR) is 89.7 cm³/mol. The second-order valence-corrected chi connectivity index (χ2v) is 6.15. The number of benzene rings is 1. The first kappa shape index (κ1) is 15.7. The van der Waals surface area contributed by atoms with Crippen molar-refractivity contribution in [2.24, 2.45) is 5.10 Å². The van der Waals surface area contributed by atoms with Crippen LogP contribution in [0, 0.1) is 0 Å². The lowest BCUT2D eigenvalue weighted by Crippen LogP contribution is -2.38. The van der Waals surface area contributed by atoms with Gasteiger partial charge in [-0.25, -0.2) is 0 Å². The first-order valence-corrected chi connectivity index (χ1v) is 8.21. The predicted octanol–water partition coefficient (Wildman–Crippen LogP) is 1.84. The molecule has 1 aromatic carbocycles. The third-order valence-corrected chi connectivity index (χ3v) is 4.44. The van der Waals surface area contributed by atoms with Crippen molar-refractivity contribution in [2.75, 3.05) is 13.1 Å². The maximum Gasteiger partial charge on any atom is 0.320 e. The van der Waals surface area contributed by atoms with Gasteiger partial charge in [0.1, 0.15) is 0 Å². The van der Waals surface area contributed by atoms with E-state index in [-0.39, 0.29) is 11.6 Å². The van der Waals surface area contributed by atoms with E-state index in [1.807, 2.05) is 24.3 Å². The molecule has 0 aliphatic carbocycles. The molecule has 1 aliphatic rings. The summed E-state index contributed by atoms with van der Waals surface area (Å²) >= 11 is 3.40. The molecule has 7 nitrogen and oxygen atoms in total. The van der Waals surface area contributed by atoms with Gasteiger partial charge in [0.2, 0.25) is 5.69 Å². The Labute approximate surface area is 141 Å². The normalized spacial score (nSPS) is 15.3. The van der Waals surface area contributed by atoms with Gasteiger partial charge in [-0.1, -0.05) is 34.1 Å². The van der Waals surface area contributed by atoms with E-state index in [1.165, 1.54) is 6.21 Å². The lowest BCUT2D eigenvalue weighted by atomic mass is 10.1. The molecule has 1 aliphatic heterocycles. The van der Waals surface area contributed by atoms with Gasteiger partial charge in [-0.05, 0) is 25.3 Å². The molecule has 8 heteroatoms. The molecular weight excluding hydrogens is 362 g/mol. The molecule has 0 unspecified atom stereocenters. The fourth-order valence-electron chi connectivity index (χ4n) is 2.45. The summed E-state index contributed by atoms with van der Waals surface area (Å²) in [4.78, 5) is 27.2. The number of hydrogen-bond donors (Lipinski definition) is 1. The summed E-state index contributed by atoms with van der Waals surface area (Å²) in [6.07, 6.45) is 4.57. The molecule has 1 fully saturated rings. The number of amides is 1. The summed E-state index contributed by atoms with van der Waals surface area (Å²) in [7, 11) is 0. The molecule has 0 saturated carbocycles. The van der Waals surface area contributed by atoms with Gasteiger partial charge in [0.05, 0.1) is 6.21 Å². The summed E-state index contributed by atoms with van der Waals surface area (Å²) in [6, 6.07) is 7.49. The van der Waals surface area contributed by atoms with E-state index < -0.39 is 5.56 Å². The van der Waals surface area contributed by atoms with Crippen LogP contribution in [0.5, 0.6) is 0 Å². The summed E-state index contributed by atoms with van der Waals surface area (Å²) in [5.74, 6) is -0.333. The average molecular weight is 378 g/mol. The number of rotatable bonds is 3. The topological polar surface area (TPSA) is 83.3 Å².